The number of hydrogen-bond donors (Lipinski definition) is 2. The average Bonchev–Trinajstić information content (AvgIpc) is 3.22. The maximum atomic E-state index is 11.6. The largest absolute Gasteiger partial charge is 0.393 e. The van der Waals surface area contributed by atoms with Crippen LogP contribution in [0.4, 0.5) is 0 Å². The third-order valence-corrected chi connectivity index (χ3v) is 3.57. The van der Waals surface area contributed by atoms with Crippen molar-refractivity contribution in [2.45, 2.75) is 25.4 Å². The third kappa shape index (κ3) is 4.69. The molecule has 1 amide bonds. The molecule has 102 valence electrons. The van der Waals surface area contributed by atoms with Crippen LogP contribution in [0.2, 0.25) is 5.02 Å². The van der Waals surface area contributed by atoms with E-state index in [0.29, 0.717) is 23.9 Å². The van der Waals surface area contributed by atoms with E-state index in [-0.39, 0.29) is 12.0 Å². The van der Waals surface area contributed by atoms with Crippen LogP contribution in [0.3, 0.4) is 0 Å². The van der Waals surface area contributed by atoms with E-state index in [9.17, 15) is 9.90 Å². The number of rotatable bonds is 6. The second kappa shape index (κ2) is 6.73. The van der Waals surface area contributed by atoms with Crippen LogP contribution in [0, 0.1) is 5.92 Å². The van der Waals surface area contributed by atoms with Gasteiger partial charge < -0.3 is 10.4 Å². The lowest BCUT2D eigenvalue weighted by Crippen LogP contribution is -2.26. The first-order valence-electron chi connectivity index (χ1n) is 6.55. The van der Waals surface area contributed by atoms with Crippen molar-refractivity contribution < 1.29 is 9.90 Å². The lowest BCUT2D eigenvalue weighted by atomic mass is 10.1. The lowest BCUT2D eigenvalue weighted by molar-refractivity contribution is -0.116. The molecule has 0 saturated heterocycles. The summed E-state index contributed by atoms with van der Waals surface area (Å²) in [6, 6.07) is 7.35. The molecule has 0 radical (unpaired) electrons. The quantitative estimate of drug-likeness (QED) is 0.787. The van der Waals surface area contributed by atoms with Crippen LogP contribution in [-0.2, 0) is 4.79 Å². The second-order valence-corrected chi connectivity index (χ2v) is 5.25. The number of carbonyl (C=O) groups is 1. The first kappa shape index (κ1) is 14.1. The number of aliphatic hydroxyl groups excluding tert-OH is 1. The van der Waals surface area contributed by atoms with E-state index in [1.807, 2.05) is 18.2 Å². The van der Waals surface area contributed by atoms with Crippen molar-refractivity contribution in [2.75, 3.05) is 6.54 Å². The summed E-state index contributed by atoms with van der Waals surface area (Å²) in [6.07, 6.45) is 5.73. The zero-order valence-corrected chi connectivity index (χ0v) is 11.4. The maximum absolute atomic E-state index is 11.6. The van der Waals surface area contributed by atoms with Crippen LogP contribution in [0.1, 0.15) is 24.8 Å². The fraction of sp³-hybridized carbons (Fsp3) is 0.400. The molecule has 4 heteroatoms. The van der Waals surface area contributed by atoms with Gasteiger partial charge in [-0.25, -0.2) is 0 Å². The van der Waals surface area contributed by atoms with Gasteiger partial charge in [-0.1, -0.05) is 29.8 Å². The van der Waals surface area contributed by atoms with Gasteiger partial charge in [-0.3, -0.25) is 4.79 Å². The summed E-state index contributed by atoms with van der Waals surface area (Å²) in [5.74, 6) is 0.290. The van der Waals surface area contributed by atoms with E-state index in [1.54, 1.807) is 12.1 Å². The summed E-state index contributed by atoms with van der Waals surface area (Å²) in [5.41, 5.74) is 0.817. The van der Waals surface area contributed by atoms with E-state index in [1.165, 1.54) is 6.08 Å². The molecule has 1 saturated carbocycles. The SMILES string of the molecule is O=C(/C=C/c1ccccc1Cl)NCCC(O)C1CC1. The molecule has 2 N–H and O–H groups in total. The smallest absolute Gasteiger partial charge is 0.244 e. The molecule has 0 heterocycles. The number of hydrogen-bond acceptors (Lipinski definition) is 2. The Labute approximate surface area is 118 Å². The van der Waals surface area contributed by atoms with Crippen LogP contribution < -0.4 is 5.32 Å². The molecule has 1 fully saturated rings. The van der Waals surface area contributed by atoms with E-state index < -0.39 is 0 Å². The Kier molecular flexibility index (Phi) is 5.00. The zero-order valence-electron chi connectivity index (χ0n) is 10.7. The second-order valence-electron chi connectivity index (χ2n) is 4.84. The van der Waals surface area contributed by atoms with E-state index >= 15 is 0 Å². The molecule has 1 aliphatic rings. The number of amides is 1. The van der Waals surface area contributed by atoms with Gasteiger partial charge in [-0.05, 0) is 42.9 Å². The van der Waals surface area contributed by atoms with Crippen molar-refractivity contribution in [3.8, 4) is 0 Å². The van der Waals surface area contributed by atoms with Gasteiger partial charge >= 0.3 is 0 Å². The van der Waals surface area contributed by atoms with E-state index in [4.69, 9.17) is 11.6 Å². The fourth-order valence-corrected chi connectivity index (χ4v) is 2.09. The first-order valence-corrected chi connectivity index (χ1v) is 6.93. The van der Waals surface area contributed by atoms with Gasteiger partial charge in [0.05, 0.1) is 6.10 Å². The molecule has 1 aliphatic carbocycles. The zero-order chi connectivity index (χ0) is 13.7. The predicted octanol–water partition coefficient (Wildman–Crippen LogP) is 2.63. The molecular weight excluding hydrogens is 262 g/mol. The Morgan fingerprint density at radius 3 is 2.89 bits per heavy atom. The highest BCUT2D eigenvalue weighted by Crippen LogP contribution is 2.33. The Balaban J connectivity index is 1.73. The van der Waals surface area contributed by atoms with Crippen molar-refractivity contribution in [2.24, 2.45) is 5.92 Å². The molecule has 1 aromatic carbocycles. The predicted molar refractivity (Wildman–Crippen MR) is 76.8 cm³/mol. The molecule has 0 bridgehead atoms. The van der Waals surface area contributed by atoms with Crippen LogP contribution in [0.5, 0.6) is 0 Å². The minimum Gasteiger partial charge on any atom is -0.393 e. The monoisotopic (exact) mass is 279 g/mol. The maximum Gasteiger partial charge on any atom is 0.244 e. The van der Waals surface area contributed by atoms with Crippen molar-refractivity contribution in [1.29, 1.82) is 0 Å². The van der Waals surface area contributed by atoms with Crippen molar-refractivity contribution in [3.63, 3.8) is 0 Å². The van der Waals surface area contributed by atoms with E-state index in [0.717, 1.165) is 18.4 Å². The summed E-state index contributed by atoms with van der Waals surface area (Å²) in [5, 5.41) is 13.0. The molecule has 0 aromatic heterocycles. The van der Waals surface area contributed by atoms with Gasteiger partial charge in [0.2, 0.25) is 5.91 Å². The van der Waals surface area contributed by atoms with Crippen LogP contribution in [0.25, 0.3) is 6.08 Å². The van der Waals surface area contributed by atoms with Crippen molar-refractivity contribution >= 4 is 23.6 Å². The molecule has 1 atom stereocenters. The standard InChI is InChI=1S/C15H18ClNO2/c16-13-4-2-1-3-11(13)7-8-15(19)17-10-9-14(18)12-5-6-12/h1-4,7-8,12,14,18H,5-6,9-10H2,(H,17,19)/b8-7+. The number of benzene rings is 1. The molecule has 3 nitrogen and oxygen atoms in total. The van der Waals surface area contributed by atoms with Crippen LogP contribution in [-0.4, -0.2) is 23.7 Å². The number of halogens is 1. The summed E-state index contributed by atoms with van der Waals surface area (Å²) in [6.45, 7) is 0.503. The van der Waals surface area contributed by atoms with Crippen molar-refractivity contribution in [3.05, 3.63) is 40.9 Å². The summed E-state index contributed by atoms with van der Waals surface area (Å²) in [4.78, 5) is 11.6. The van der Waals surface area contributed by atoms with Crippen LogP contribution in [0.15, 0.2) is 30.3 Å². The number of nitrogens with one attached hydrogen (secondary N) is 1. The number of carbonyl (C=O) groups excluding carboxylic acids is 1. The number of aliphatic hydroxyl groups is 1. The molecular formula is C15H18ClNO2. The molecule has 0 spiro atoms. The van der Waals surface area contributed by atoms with Crippen LogP contribution >= 0.6 is 11.6 Å². The highest BCUT2D eigenvalue weighted by molar-refractivity contribution is 6.32. The molecule has 0 aliphatic heterocycles. The minimum atomic E-state index is -0.271. The summed E-state index contributed by atoms with van der Waals surface area (Å²) >= 11 is 5.98. The van der Waals surface area contributed by atoms with Gasteiger partial charge in [0.15, 0.2) is 0 Å². The first-order chi connectivity index (χ1) is 9.16. The minimum absolute atomic E-state index is 0.164. The Hall–Kier alpha value is -1.32. The Bertz CT molecular complexity index is 469. The fourth-order valence-electron chi connectivity index (χ4n) is 1.89. The van der Waals surface area contributed by atoms with Gasteiger partial charge in [0.25, 0.3) is 0 Å². The average molecular weight is 280 g/mol. The summed E-state index contributed by atoms with van der Waals surface area (Å²) in [7, 11) is 0. The topological polar surface area (TPSA) is 49.3 Å². The van der Waals surface area contributed by atoms with Gasteiger partial charge in [0, 0.05) is 17.6 Å². The highest BCUT2D eigenvalue weighted by atomic mass is 35.5. The van der Waals surface area contributed by atoms with Crippen molar-refractivity contribution in [1.82, 2.24) is 5.32 Å². The normalized spacial score (nSPS) is 16.5. The van der Waals surface area contributed by atoms with Gasteiger partial charge in [0.1, 0.15) is 0 Å². The Morgan fingerprint density at radius 2 is 2.21 bits per heavy atom. The lowest BCUT2D eigenvalue weighted by Gasteiger charge is -2.08. The molecule has 19 heavy (non-hydrogen) atoms. The molecule has 2 rings (SSSR count). The summed E-state index contributed by atoms with van der Waals surface area (Å²) < 4.78 is 0. The van der Waals surface area contributed by atoms with Gasteiger partial charge in [-0.15, -0.1) is 0 Å². The highest BCUT2D eigenvalue weighted by Gasteiger charge is 2.28. The molecule has 1 unspecified atom stereocenters. The van der Waals surface area contributed by atoms with Gasteiger partial charge in [-0.2, -0.15) is 0 Å². The molecule has 1 aromatic rings. The van der Waals surface area contributed by atoms with E-state index in [2.05, 4.69) is 5.32 Å². The Morgan fingerprint density at radius 1 is 1.47 bits per heavy atom. The third-order valence-electron chi connectivity index (χ3n) is 3.22.